The van der Waals surface area contributed by atoms with Gasteiger partial charge < -0.3 is 9.42 Å². The second-order valence-electron chi connectivity index (χ2n) is 6.53. The molecule has 0 fully saturated rings. The average Bonchev–Trinajstić information content (AvgIpc) is 2.96. The van der Waals surface area contributed by atoms with Crippen LogP contribution in [0.5, 0.6) is 0 Å². The molecule has 0 spiro atoms. The van der Waals surface area contributed by atoms with E-state index >= 15 is 0 Å². The molecule has 1 aromatic carbocycles. The van der Waals surface area contributed by atoms with Crippen molar-refractivity contribution in [1.82, 2.24) is 10.1 Å². The first-order valence-electron chi connectivity index (χ1n) is 7.46. The molecule has 0 N–H and O–H groups in total. The fourth-order valence-corrected chi connectivity index (χ4v) is 2.55. The number of fused-ring (bicyclic) bond motifs is 1. The molecular formula is C18H19N3O2. The van der Waals surface area contributed by atoms with E-state index in [2.05, 4.69) is 10.1 Å². The maximum absolute atomic E-state index is 12.6. The SMILES string of the molecule is CN(C(=O)C(C)(C)C)c1ccncc1-c1noc2ccccc12. The molecule has 1 amide bonds. The van der Waals surface area contributed by atoms with Gasteiger partial charge in [-0.1, -0.05) is 38.1 Å². The van der Waals surface area contributed by atoms with E-state index in [0.29, 0.717) is 11.3 Å². The van der Waals surface area contributed by atoms with Gasteiger partial charge in [0.25, 0.3) is 0 Å². The predicted molar refractivity (Wildman–Crippen MR) is 90.1 cm³/mol. The summed E-state index contributed by atoms with van der Waals surface area (Å²) < 4.78 is 5.38. The molecule has 0 radical (unpaired) electrons. The fourth-order valence-electron chi connectivity index (χ4n) is 2.55. The monoisotopic (exact) mass is 309 g/mol. The molecule has 3 rings (SSSR count). The molecule has 0 bridgehead atoms. The molecule has 0 saturated carbocycles. The number of para-hydroxylation sites is 1. The highest BCUT2D eigenvalue weighted by atomic mass is 16.5. The van der Waals surface area contributed by atoms with Gasteiger partial charge in [-0.2, -0.15) is 0 Å². The largest absolute Gasteiger partial charge is 0.356 e. The second kappa shape index (κ2) is 5.50. The highest BCUT2D eigenvalue weighted by molar-refractivity contribution is 6.02. The highest BCUT2D eigenvalue weighted by Crippen LogP contribution is 2.35. The van der Waals surface area contributed by atoms with Crippen molar-refractivity contribution < 1.29 is 9.32 Å². The quantitative estimate of drug-likeness (QED) is 0.720. The number of hydrogen-bond acceptors (Lipinski definition) is 4. The molecule has 0 saturated heterocycles. The van der Waals surface area contributed by atoms with Gasteiger partial charge in [-0.3, -0.25) is 9.78 Å². The van der Waals surface area contributed by atoms with Gasteiger partial charge in [-0.15, -0.1) is 0 Å². The van der Waals surface area contributed by atoms with Crippen molar-refractivity contribution in [3.63, 3.8) is 0 Å². The number of amides is 1. The third kappa shape index (κ3) is 2.70. The molecule has 5 heteroatoms. The number of pyridine rings is 1. The van der Waals surface area contributed by atoms with Crippen molar-refractivity contribution in [2.45, 2.75) is 20.8 Å². The van der Waals surface area contributed by atoms with E-state index in [1.165, 1.54) is 0 Å². The number of nitrogens with zero attached hydrogens (tertiary/aromatic N) is 3. The van der Waals surface area contributed by atoms with Crippen LogP contribution in [0, 0.1) is 5.41 Å². The van der Waals surface area contributed by atoms with Crippen LogP contribution in [0.15, 0.2) is 47.2 Å². The Morgan fingerprint density at radius 3 is 2.65 bits per heavy atom. The van der Waals surface area contributed by atoms with Crippen molar-refractivity contribution in [3.05, 3.63) is 42.7 Å². The summed E-state index contributed by atoms with van der Waals surface area (Å²) in [6, 6.07) is 9.47. The lowest BCUT2D eigenvalue weighted by molar-refractivity contribution is -0.125. The second-order valence-corrected chi connectivity index (χ2v) is 6.53. The van der Waals surface area contributed by atoms with Crippen molar-refractivity contribution in [2.75, 3.05) is 11.9 Å². The zero-order valence-corrected chi connectivity index (χ0v) is 13.7. The molecule has 2 aromatic heterocycles. The Labute approximate surface area is 134 Å². The van der Waals surface area contributed by atoms with Crippen molar-refractivity contribution >= 4 is 22.6 Å². The van der Waals surface area contributed by atoms with Crippen LogP contribution in [-0.4, -0.2) is 23.1 Å². The number of rotatable bonds is 2. The van der Waals surface area contributed by atoms with Crippen LogP contribution in [0.2, 0.25) is 0 Å². The van der Waals surface area contributed by atoms with Gasteiger partial charge in [0.15, 0.2) is 5.58 Å². The maximum Gasteiger partial charge on any atom is 0.232 e. The molecule has 0 unspecified atom stereocenters. The van der Waals surface area contributed by atoms with Gasteiger partial charge in [0.05, 0.1) is 5.69 Å². The molecule has 0 aliphatic rings. The van der Waals surface area contributed by atoms with Crippen molar-refractivity contribution in [2.24, 2.45) is 5.41 Å². The molecule has 0 atom stereocenters. The standard InChI is InChI=1S/C18H19N3O2/c1-18(2,3)17(22)21(4)14-9-10-19-11-13(14)16-12-7-5-6-8-15(12)23-20-16/h5-11H,1-4H3. The molecule has 3 aromatic rings. The summed E-state index contributed by atoms with van der Waals surface area (Å²) in [5.41, 5.74) is 2.47. The van der Waals surface area contributed by atoms with Crippen LogP contribution in [0.3, 0.4) is 0 Å². The molecule has 0 aliphatic carbocycles. The summed E-state index contributed by atoms with van der Waals surface area (Å²) in [6.45, 7) is 5.70. The summed E-state index contributed by atoms with van der Waals surface area (Å²) in [7, 11) is 1.77. The minimum absolute atomic E-state index is 0.0257. The van der Waals surface area contributed by atoms with Crippen molar-refractivity contribution in [3.8, 4) is 11.3 Å². The smallest absolute Gasteiger partial charge is 0.232 e. The molecular weight excluding hydrogens is 290 g/mol. The van der Waals surface area contributed by atoms with Crippen LogP contribution in [0.25, 0.3) is 22.2 Å². The normalized spacial score (nSPS) is 11.7. The highest BCUT2D eigenvalue weighted by Gasteiger charge is 2.28. The Hall–Kier alpha value is -2.69. The number of carbonyl (C=O) groups excluding carboxylic acids is 1. The van der Waals surface area contributed by atoms with E-state index < -0.39 is 5.41 Å². The van der Waals surface area contributed by atoms with E-state index in [9.17, 15) is 4.79 Å². The van der Waals surface area contributed by atoms with Gasteiger partial charge in [0, 0.05) is 35.8 Å². The molecule has 0 aliphatic heterocycles. The van der Waals surface area contributed by atoms with Gasteiger partial charge >= 0.3 is 0 Å². The minimum atomic E-state index is -0.471. The lowest BCUT2D eigenvalue weighted by Gasteiger charge is -2.27. The summed E-state index contributed by atoms with van der Waals surface area (Å²) in [5.74, 6) is 0.0257. The number of aromatic nitrogens is 2. The Morgan fingerprint density at radius 2 is 1.91 bits per heavy atom. The van der Waals surface area contributed by atoms with Crippen molar-refractivity contribution in [1.29, 1.82) is 0 Å². The third-order valence-electron chi connectivity index (χ3n) is 3.74. The van der Waals surface area contributed by atoms with E-state index in [-0.39, 0.29) is 5.91 Å². The minimum Gasteiger partial charge on any atom is -0.356 e. The van der Waals surface area contributed by atoms with E-state index in [4.69, 9.17) is 4.52 Å². The average molecular weight is 309 g/mol. The molecule has 2 heterocycles. The van der Waals surface area contributed by atoms with Crippen LogP contribution in [0.1, 0.15) is 20.8 Å². The number of hydrogen-bond donors (Lipinski definition) is 0. The van der Waals surface area contributed by atoms with Crippen LogP contribution < -0.4 is 4.90 Å². The zero-order valence-electron chi connectivity index (χ0n) is 13.7. The number of benzene rings is 1. The number of anilines is 1. The Balaban J connectivity index is 2.14. The third-order valence-corrected chi connectivity index (χ3v) is 3.74. The van der Waals surface area contributed by atoms with Gasteiger partial charge in [0.1, 0.15) is 5.69 Å². The van der Waals surface area contributed by atoms with E-state index in [1.54, 1.807) is 24.3 Å². The van der Waals surface area contributed by atoms with Gasteiger partial charge in [-0.05, 0) is 18.2 Å². The Bertz CT molecular complexity index is 862. The lowest BCUT2D eigenvalue weighted by atomic mass is 9.94. The first kappa shape index (κ1) is 15.2. The summed E-state index contributed by atoms with van der Waals surface area (Å²) in [4.78, 5) is 18.5. The Kier molecular flexibility index (Phi) is 3.64. The van der Waals surface area contributed by atoms with E-state index in [1.807, 2.05) is 51.1 Å². The van der Waals surface area contributed by atoms with Crippen LogP contribution in [-0.2, 0) is 4.79 Å². The lowest BCUT2D eigenvalue weighted by Crippen LogP contribution is -2.36. The molecule has 118 valence electrons. The van der Waals surface area contributed by atoms with Crippen LogP contribution in [0.4, 0.5) is 5.69 Å². The number of carbonyl (C=O) groups is 1. The first-order valence-corrected chi connectivity index (χ1v) is 7.46. The van der Waals surface area contributed by atoms with Crippen LogP contribution >= 0.6 is 0 Å². The summed E-state index contributed by atoms with van der Waals surface area (Å²) in [6.07, 6.45) is 3.39. The summed E-state index contributed by atoms with van der Waals surface area (Å²) >= 11 is 0. The van der Waals surface area contributed by atoms with E-state index in [0.717, 1.165) is 16.6 Å². The first-order chi connectivity index (χ1) is 10.9. The van der Waals surface area contributed by atoms with Gasteiger partial charge in [-0.25, -0.2) is 0 Å². The summed E-state index contributed by atoms with van der Waals surface area (Å²) in [5, 5.41) is 5.08. The maximum atomic E-state index is 12.6. The fraction of sp³-hybridized carbons (Fsp3) is 0.278. The molecule has 23 heavy (non-hydrogen) atoms. The Morgan fingerprint density at radius 1 is 1.17 bits per heavy atom. The topological polar surface area (TPSA) is 59.2 Å². The predicted octanol–water partition coefficient (Wildman–Crippen LogP) is 3.90. The molecule has 5 nitrogen and oxygen atoms in total. The zero-order chi connectivity index (χ0) is 16.6. The van der Waals surface area contributed by atoms with Gasteiger partial charge in [0.2, 0.25) is 5.91 Å².